The van der Waals surface area contributed by atoms with E-state index in [1.165, 1.54) is 0 Å². The maximum absolute atomic E-state index is 12.8. The van der Waals surface area contributed by atoms with E-state index in [1.54, 1.807) is 22.8 Å². The van der Waals surface area contributed by atoms with Gasteiger partial charge in [-0.25, -0.2) is 0 Å². The van der Waals surface area contributed by atoms with Gasteiger partial charge in [-0.15, -0.1) is 0 Å². The maximum atomic E-state index is 12.8. The topological polar surface area (TPSA) is 75.4 Å². The van der Waals surface area contributed by atoms with Crippen molar-refractivity contribution >= 4 is 11.9 Å². The molecule has 6 heteroatoms. The van der Waals surface area contributed by atoms with Gasteiger partial charge in [-0.2, -0.15) is 5.10 Å². The van der Waals surface area contributed by atoms with Gasteiger partial charge in [0.25, 0.3) is 5.91 Å². The molecule has 0 spiro atoms. The Hall–Kier alpha value is -2.63. The number of carbonyl (C=O) groups excluding carboxylic acids is 1. The highest BCUT2D eigenvalue weighted by Gasteiger charge is 2.38. The van der Waals surface area contributed by atoms with Crippen molar-refractivity contribution in [3.05, 3.63) is 42.1 Å². The van der Waals surface area contributed by atoms with Crippen LogP contribution in [0.1, 0.15) is 17.3 Å². The second-order valence-corrected chi connectivity index (χ2v) is 6.06. The summed E-state index contributed by atoms with van der Waals surface area (Å²) in [5.74, 6) is -1.56. The quantitative estimate of drug-likeness (QED) is 0.939. The summed E-state index contributed by atoms with van der Waals surface area (Å²) in [6, 6.07) is 9.53. The molecule has 6 nitrogen and oxygen atoms in total. The molecule has 1 aromatic heterocycles. The third-order valence-corrected chi connectivity index (χ3v) is 4.32. The Kier molecular flexibility index (Phi) is 3.90. The molecule has 1 aliphatic heterocycles. The Morgan fingerprint density at radius 2 is 1.91 bits per heavy atom. The highest BCUT2D eigenvalue weighted by molar-refractivity contribution is 6.00. The SMILES string of the molecule is C[C@@H]1CN(C(=O)c2cn(C)nc2-c2ccccc2)C[C@H]1C(=O)O. The fourth-order valence-electron chi connectivity index (χ4n) is 3.08. The highest BCUT2D eigenvalue weighted by atomic mass is 16.4. The molecule has 0 radical (unpaired) electrons. The first kappa shape index (κ1) is 15.3. The third kappa shape index (κ3) is 2.84. The summed E-state index contributed by atoms with van der Waals surface area (Å²) in [5.41, 5.74) is 2.01. The van der Waals surface area contributed by atoms with E-state index in [-0.39, 0.29) is 18.4 Å². The molecule has 1 aliphatic rings. The molecule has 23 heavy (non-hydrogen) atoms. The molecule has 0 aliphatic carbocycles. The van der Waals surface area contributed by atoms with E-state index in [2.05, 4.69) is 5.10 Å². The van der Waals surface area contributed by atoms with Crippen molar-refractivity contribution < 1.29 is 14.7 Å². The van der Waals surface area contributed by atoms with Gasteiger partial charge in [-0.3, -0.25) is 14.3 Å². The molecule has 0 saturated carbocycles. The number of likely N-dealkylation sites (tertiary alicyclic amines) is 1. The highest BCUT2D eigenvalue weighted by Crippen LogP contribution is 2.28. The third-order valence-electron chi connectivity index (χ3n) is 4.32. The predicted octanol–water partition coefficient (Wildman–Crippen LogP) is 1.88. The van der Waals surface area contributed by atoms with E-state index >= 15 is 0 Å². The van der Waals surface area contributed by atoms with Crippen molar-refractivity contribution in [3.8, 4) is 11.3 Å². The average molecular weight is 313 g/mol. The minimum absolute atomic E-state index is 0.0479. The molecule has 0 bridgehead atoms. The zero-order chi connectivity index (χ0) is 16.6. The van der Waals surface area contributed by atoms with E-state index in [1.807, 2.05) is 37.3 Å². The molecule has 1 saturated heterocycles. The number of nitrogens with zero attached hydrogens (tertiary/aromatic N) is 3. The summed E-state index contributed by atoms with van der Waals surface area (Å²) < 4.78 is 1.61. The summed E-state index contributed by atoms with van der Waals surface area (Å²) in [7, 11) is 1.77. The van der Waals surface area contributed by atoms with Crippen LogP contribution in [-0.2, 0) is 11.8 Å². The number of hydrogen-bond donors (Lipinski definition) is 1. The lowest BCUT2D eigenvalue weighted by molar-refractivity contribution is -0.142. The standard InChI is InChI=1S/C17H19N3O3/c1-11-8-20(10-13(11)17(22)23)16(21)14-9-19(2)18-15(14)12-6-4-3-5-7-12/h3-7,9,11,13H,8,10H2,1-2H3,(H,22,23)/t11-,13-/m1/s1. The van der Waals surface area contributed by atoms with Gasteiger partial charge in [-0.05, 0) is 5.92 Å². The van der Waals surface area contributed by atoms with Gasteiger partial charge in [0, 0.05) is 31.9 Å². The lowest BCUT2D eigenvalue weighted by atomic mass is 9.99. The zero-order valence-corrected chi connectivity index (χ0v) is 13.1. The number of benzene rings is 1. The fraction of sp³-hybridized carbons (Fsp3) is 0.353. The Bertz CT molecular complexity index is 739. The van der Waals surface area contributed by atoms with Crippen LogP contribution < -0.4 is 0 Å². The van der Waals surface area contributed by atoms with Gasteiger partial charge in [0.1, 0.15) is 5.69 Å². The Morgan fingerprint density at radius 3 is 2.52 bits per heavy atom. The predicted molar refractivity (Wildman–Crippen MR) is 84.8 cm³/mol. The minimum atomic E-state index is -0.845. The van der Waals surface area contributed by atoms with Crippen molar-refractivity contribution in [2.45, 2.75) is 6.92 Å². The van der Waals surface area contributed by atoms with Crippen molar-refractivity contribution in [3.63, 3.8) is 0 Å². The van der Waals surface area contributed by atoms with Gasteiger partial charge in [0.15, 0.2) is 0 Å². The molecular formula is C17H19N3O3. The van der Waals surface area contributed by atoms with Crippen molar-refractivity contribution in [2.24, 2.45) is 18.9 Å². The smallest absolute Gasteiger partial charge is 0.308 e. The molecular weight excluding hydrogens is 294 g/mol. The van der Waals surface area contributed by atoms with Crippen LogP contribution in [-0.4, -0.2) is 44.8 Å². The van der Waals surface area contributed by atoms with Crippen LogP contribution in [0.3, 0.4) is 0 Å². The number of carboxylic acid groups (broad SMARTS) is 1. The Labute approximate surface area is 134 Å². The number of carboxylic acids is 1. The Balaban J connectivity index is 1.91. The molecule has 120 valence electrons. The van der Waals surface area contributed by atoms with Crippen LogP contribution in [0.4, 0.5) is 0 Å². The van der Waals surface area contributed by atoms with Crippen molar-refractivity contribution in [1.29, 1.82) is 0 Å². The number of aliphatic carboxylic acids is 1. The van der Waals surface area contributed by atoms with E-state index in [0.29, 0.717) is 17.8 Å². The lowest BCUT2D eigenvalue weighted by Gasteiger charge is -2.15. The van der Waals surface area contributed by atoms with Crippen LogP contribution in [0.15, 0.2) is 36.5 Å². The average Bonchev–Trinajstić information content (AvgIpc) is 3.11. The largest absolute Gasteiger partial charge is 0.481 e. The number of carbonyl (C=O) groups is 2. The molecule has 1 amide bonds. The van der Waals surface area contributed by atoms with Gasteiger partial charge in [-0.1, -0.05) is 37.3 Å². The first-order valence-corrected chi connectivity index (χ1v) is 7.58. The molecule has 3 rings (SSSR count). The van der Waals surface area contributed by atoms with Crippen LogP contribution in [0, 0.1) is 11.8 Å². The minimum Gasteiger partial charge on any atom is -0.481 e. The van der Waals surface area contributed by atoms with Gasteiger partial charge < -0.3 is 10.0 Å². The van der Waals surface area contributed by atoms with E-state index in [0.717, 1.165) is 5.56 Å². The molecule has 1 aromatic carbocycles. The summed E-state index contributed by atoms with van der Waals surface area (Å²) in [5, 5.41) is 13.6. The van der Waals surface area contributed by atoms with E-state index < -0.39 is 11.9 Å². The van der Waals surface area contributed by atoms with Gasteiger partial charge in [0.2, 0.25) is 0 Å². The second-order valence-electron chi connectivity index (χ2n) is 6.06. The Morgan fingerprint density at radius 1 is 1.22 bits per heavy atom. The number of rotatable bonds is 3. The molecule has 1 N–H and O–H groups in total. The first-order chi connectivity index (χ1) is 11.0. The van der Waals surface area contributed by atoms with Gasteiger partial charge >= 0.3 is 5.97 Å². The maximum Gasteiger partial charge on any atom is 0.308 e. The molecule has 0 unspecified atom stereocenters. The monoisotopic (exact) mass is 313 g/mol. The van der Waals surface area contributed by atoms with E-state index in [4.69, 9.17) is 0 Å². The van der Waals surface area contributed by atoms with Crippen LogP contribution >= 0.6 is 0 Å². The second kappa shape index (κ2) is 5.87. The summed E-state index contributed by atoms with van der Waals surface area (Å²) in [4.78, 5) is 25.7. The van der Waals surface area contributed by atoms with Crippen molar-refractivity contribution in [2.75, 3.05) is 13.1 Å². The van der Waals surface area contributed by atoms with Crippen LogP contribution in [0.25, 0.3) is 11.3 Å². The molecule has 2 heterocycles. The summed E-state index contributed by atoms with van der Waals surface area (Å²) in [6.07, 6.45) is 1.70. The van der Waals surface area contributed by atoms with Crippen LogP contribution in [0.2, 0.25) is 0 Å². The fourth-order valence-corrected chi connectivity index (χ4v) is 3.08. The number of amides is 1. The van der Waals surface area contributed by atoms with Crippen LogP contribution in [0.5, 0.6) is 0 Å². The number of aryl methyl sites for hydroxylation is 1. The van der Waals surface area contributed by atoms with E-state index in [9.17, 15) is 14.7 Å². The molecule has 2 atom stereocenters. The summed E-state index contributed by atoms with van der Waals surface area (Å²) in [6.45, 7) is 2.57. The molecule has 1 fully saturated rings. The first-order valence-electron chi connectivity index (χ1n) is 7.58. The lowest BCUT2D eigenvalue weighted by Crippen LogP contribution is -2.30. The molecule has 2 aromatic rings. The normalized spacial score (nSPS) is 20.7. The van der Waals surface area contributed by atoms with Crippen molar-refractivity contribution in [1.82, 2.24) is 14.7 Å². The number of aromatic nitrogens is 2. The van der Waals surface area contributed by atoms with Gasteiger partial charge in [0.05, 0.1) is 11.5 Å². The zero-order valence-electron chi connectivity index (χ0n) is 13.1. The summed E-state index contributed by atoms with van der Waals surface area (Å²) >= 11 is 0. The number of hydrogen-bond acceptors (Lipinski definition) is 3.